The lowest BCUT2D eigenvalue weighted by molar-refractivity contribution is -0.389. The summed E-state index contributed by atoms with van der Waals surface area (Å²) in [5, 5.41) is 19.2. The molecule has 2 atom stereocenters. The van der Waals surface area contributed by atoms with Gasteiger partial charge in [-0.3, -0.25) is 4.79 Å². The molecule has 1 saturated carbocycles. The maximum atomic E-state index is 12.2. The smallest absolute Gasteiger partial charge is 0.344 e. The zero-order valence-corrected chi connectivity index (χ0v) is 12.5. The number of hydrogen-bond acceptors (Lipinski definition) is 6. The Kier molecular flexibility index (Phi) is 3.33. The van der Waals surface area contributed by atoms with Crippen LogP contribution in [0.15, 0.2) is 24.3 Å². The average Bonchev–Trinajstić information content (AvgIpc) is 3.26. The third-order valence-electron chi connectivity index (χ3n) is 4.13. The van der Waals surface area contributed by atoms with E-state index in [0.717, 1.165) is 17.7 Å². The highest BCUT2D eigenvalue weighted by molar-refractivity contribution is 5.94. The summed E-state index contributed by atoms with van der Waals surface area (Å²) in [4.78, 5) is 22.2. The number of nitro groups is 1. The third-order valence-corrected chi connectivity index (χ3v) is 4.13. The molecule has 2 unspecified atom stereocenters. The van der Waals surface area contributed by atoms with E-state index in [-0.39, 0.29) is 29.4 Å². The highest BCUT2D eigenvalue weighted by Crippen LogP contribution is 2.49. The van der Waals surface area contributed by atoms with Crippen molar-refractivity contribution >= 4 is 17.5 Å². The first-order valence-electron chi connectivity index (χ1n) is 7.52. The third kappa shape index (κ3) is 2.64. The van der Waals surface area contributed by atoms with Crippen molar-refractivity contribution in [3.63, 3.8) is 0 Å². The predicted octanol–water partition coefficient (Wildman–Crippen LogP) is 1.83. The van der Waals surface area contributed by atoms with Crippen molar-refractivity contribution in [2.24, 2.45) is 5.92 Å². The number of carbonyl (C=O) groups is 1. The standard InChI is InChI=1S/C15H14N4O5/c20-15(16-13-7-14(18-17-13)19(21)22)10-6-9(10)8-1-2-11-12(5-8)24-4-3-23-11/h1-2,5,7,9-10H,3-4,6H2,(H2,16,17,18,20). The molecular formula is C15H14N4O5. The van der Waals surface area contributed by atoms with Gasteiger partial charge in [0.15, 0.2) is 17.3 Å². The molecule has 24 heavy (non-hydrogen) atoms. The molecule has 0 saturated heterocycles. The molecule has 9 heteroatoms. The van der Waals surface area contributed by atoms with Crippen LogP contribution in [0.3, 0.4) is 0 Å². The van der Waals surface area contributed by atoms with E-state index in [0.29, 0.717) is 19.0 Å². The van der Waals surface area contributed by atoms with Crippen LogP contribution in [0.5, 0.6) is 11.5 Å². The second-order valence-electron chi connectivity index (χ2n) is 5.74. The minimum Gasteiger partial charge on any atom is -0.486 e. The van der Waals surface area contributed by atoms with Crippen LogP contribution >= 0.6 is 0 Å². The van der Waals surface area contributed by atoms with Crippen LogP contribution in [-0.2, 0) is 4.79 Å². The van der Waals surface area contributed by atoms with Crippen LogP contribution in [0.2, 0.25) is 0 Å². The minimum atomic E-state index is -0.599. The summed E-state index contributed by atoms with van der Waals surface area (Å²) in [6.07, 6.45) is 0.720. The Morgan fingerprint density at radius 1 is 1.29 bits per heavy atom. The molecule has 9 nitrogen and oxygen atoms in total. The van der Waals surface area contributed by atoms with Crippen LogP contribution in [-0.4, -0.2) is 34.2 Å². The number of nitrogens with one attached hydrogen (secondary N) is 2. The number of H-pyrrole nitrogens is 1. The summed E-state index contributed by atoms with van der Waals surface area (Å²) >= 11 is 0. The molecule has 124 valence electrons. The zero-order chi connectivity index (χ0) is 16.7. The SMILES string of the molecule is O=C(Nc1cc([N+](=O)[O-])[nH]n1)C1CC1c1ccc2c(c1)OCCO2. The van der Waals surface area contributed by atoms with Gasteiger partial charge in [0.05, 0.1) is 6.07 Å². The Bertz CT molecular complexity index is 818. The van der Waals surface area contributed by atoms with E-state index in [9.17, 15) is 14.9 Å². The first-order chi connectivity index (χ1) is 11.6. The Hall–Kier alpha value is -3.10. The van der Waals surface area contributed by atoms with Crippen molar-refractivity contribution < 1.29 is 19.2 Å². The van der Waals surface area contributed by atoms with Gasteiger partial charge in [0, 0.05) is 5.92 Å². The Labute approximate surface area is 136 Å². The van der Waals surface area contributed by atoms with E-state index in [4.69, 9.17) is 9.47 Å². The lowest BCUT2D eigenvalue weighted by Gasteiger charge is -2.18. The quantitative estimate of drug-likeness (QED) is 0.652. The number of aromatic nitrogens is 2. The number of aromatic amines is 1. The van der Waals surface area contributed by atoms with Gasteiger partial charge in [-0.2, -0.15) is 0 Å². The number of rotatable bonds is 4. The maximum Gasteiger partial charge on any atom is 0.344 e. The molecule has 2 heterocycles. The highest BCUT2D eigenvalue weighted by Gasteiger charge is 2.44. The second kappa shape index (κ2) is 5.52. The average molecular weight is 330 g/mol. The number of benzene rings is 1. The monoisotopic (exact) mass is 330 g/mol. The predicted molar refractivity (Wildman–Crippen MR) is 82.2 cm³/mol. The van der Waals surface area contributed by atoms with Crippen LogP contribution in [0.25, 0.3) is 0 Å². The molecule has 1 aromatic carbocycles. The summed E-state index contributed by atoms with van der Waals surface area (Å²) in [6, 6.07) is 6.89. The van der Waals surface area contributed by atoms with Gasteiger partial charge in [-0.05, 0) is 35.0 Å². The van der Waals surface area contributed by atoms with E-state index >= 15 is 0 Å². The fourth-order valence-corrected chi connectivity index (χ4v) is 2.83. The Balaban J connectivity index is 1.42. The van der Waals surface area contributed by atoms with E-state index in [1.165, 1.54) is 6.07 Å². The van der Waals surface area contributed by atoms with Crippen molar-refractivity contribution in [1.29, 1.82) is 0 Å². The van der Waals surface area contributed by atoms with Gasteiger partial charge in [0.25, 0.3) is 0 Å². The van der Waals surface area contributed by atoms with Crippen LogP contribution in [0.1, 0.15) is 17.9 Å². The highest BCUT2D eigenvalue weighted by atomic mass is 16.6. The van der Waals surface area contributed by atoms with Crippen molar-refractivity contribution in [3.8, 4) is 11.5 Å². The summed E-state index contributed by atoms with van der Waals surface area (Å²) in [5.41, 5.74) is 1.02. The first kappa shape index (κ1) is 14.5. The molecule has 1 aliphatic heterocycles. The van der Waals surface area contributed by atoms with Gasteiger partial charge >= 0.3 is 5.82 Å². The molecule has 2 aliphatic rings. The zero-order valence-electron chi connectivity index (χ0n) is 12.5. The topological polar surface area (TPSA) is 119 Å². The van der Waals surface area contributed by atoms with Crippen LogP contribution < -0.4 is 14.8 Å². The Morgan fingerprint density at radius 3 is 2.83 bits per heavy atom. The lowest BCUT2D eigenvalue weighted by atomic mass is 10.1. The lowest BCUT2D eigenvalue weighted by Crippen LogP contribution is -2.16. The fourth-order valence-electron chi connectivity index (χ4n) is 2.83. The summed E-state index contributed by atoms with van der Waals surface area (Å²) in [7, 11) is 0. The van der Waals surface area contributed by atoms with Gasteiger partial charge < -0.3 is 24.9 Å². The normalized spacial score (nSPS) is 21.2. The number of carbonyl (C=O) groups excluding carboxylic acids is 1. The summed E-state index contributed by atoms with van der Waals surface area (Å²) < 4.78 is 11.0. The molecule has 0 bridgehead atoms. The van der Waals surface area contributed by atoms with Crippen LogP contribution in [0.4, 0.5) is 11.6 Å². The van der Waals surface area contributed by atoms with Crippen molar-refractivity contribution in [2.45, 2.75) is 12.3 Å². The number of anilines is 1. The molecule has 0 radical (unpaired) electrons. The van der Waals surface area contributed by atoms with E-state index in [2.05, 4.69) is 15.5 Å². The van der Waals surface area contributed by atoms with Gasteiger partial charge in [-0.25, -0.2) is 0 Å². The van der Waals surface area contributed by atoms with Crippen molar-refractivity contribution in [3.05, 3.63) is 39.9 Å². The Morgan fingerprint density at radius 2 is 2.08 bits per heavy atom. The summed E-state index contributed by atoms with van der Waals surface area (Å²) in [5.74, 6) is 1.04. The fraction of sp³-hybridized carbons (Fsp3) is 0.333. The largest absolute Gasteiger partial charge is 0.486 e. The van der Waals surface area contributed by atoms with Gasteiger partial charge in [-0.1, -0.05) is 11.2 Å². The molecule has 4 rings (SSSR count). The van der Waals surface area contributed by atoms with Crippen molar-refractivity contribution in [1.82, 2.24) is 10.2 Å². The van der Waals surface area contributed by atoms with Crippen molar-refractivity contribution in [2.75, 3.05) is 18.5 Å². The van der Waals surface area contributed by atoms with Gasteiger partial charge in [-0.15, -0.1) is 5.10 Å². The molecule has 1 aromatic heterocycles. The molecule has 2 aromatic rings. The maximum absolute atomic E-state index is 12.2. The molecule has 2 N–H and O–H groups in total. The van der Waals surface area contributed by atoms with Crippen LogP contribution in [0, 0.1) is 16.0 Å². The minimum absolute atomic E-state index is 0.106. The molecule has 0 spiro atoms. The molecule has 1 fully saturated rings. The molecular weight excluding hydrogens is 316 g/mol. The molecule has 1 aliphatic carbocycles. The number of ether oxygens (including phenoxy) is 2. The number of fused-ring (bicyclic) bond motifs is 1. The van der Waals surface area contributed by atoms with E-state index < -0.39 is 4.92 Å². The van der Waals surface area contributed by atoms with Gasteiger partial charge in [0.2, 0.25) is 5.91 Å². The van der Waals surface area contributed by atoms with E-state index in [1.807, 2.05) is 18.2 Å². The van der Waals surface area contributed by atoms with Gasteiger partial charge in [0.1, 0.15) is 13.2 Å². The second-order valence-corrected chi connectivity index (χ2v) is 5.74. The number of amides is 1. The summed E-state index contributed by atoms with van der Waals surface area (Å²) in [6.45, 7) is 1.06. The first-order valence-corrected chi connectivity index (χ1v) is 7.52. The number of nitrogens with zero attached hydrogens (tertiary/aromatic N) is 2. The van der Waals surface area contributed by atoms with E-state index in [1.54, 1.807) is 0 Å². The molecule has 1 amide bonds. The number of hydrogen-bond donors (Lipinski definition) is 2.